The average Bonchev–Trinajstić information content (AvgIpc) is 3.29. The summed E-state index contributed by atoms with van der Waals surface area (Å²) in [6, 6.07) is 7.26. The lowest BCUT2D eigenvalue weighted by atomic mass is 10.2. The number of carbonyl (C=O) groups is 1. The van der Waals surface area contributed by atoms with Crippen LogP contribution in [0, 0.1) is 0 Å². The van der Waals surface area contributed by atoms with Crippen molar-refractivity contribution in [2.45, 2.75) is 37.8 Å². The first-order valence-electron chi connectivity index (χ1n) is 8.74. The van der Waals surface area contributed by atoms with Crippen molar-refractivity contribution in [2.24, 2.45) is 0 Å². The Morgan fingerprint density at radius 3 is 2.76 bits per heavy atom. The zero-order chi connectivity index (χ0) is 17.6. The first-order valence-corrected chi connectivity index (χ1v) is 8.74. The molecule has 25 heavy (non-hydrogen) atoms. The summed E-state index contributed by atoms with van der Waals surface area (Å²) in [5.74, 6) is 1.26. The predicted molar refractivity (Wildman–Crippen MR) is 94.6 cm³/mol. The van der Waals surface area contributed by atoms with Crippen LogP contribution in [-0.4, -0.2) is 42.5 Å². The molecule has 1 amide bonds. The molecule has 0 aromatic carbocycles. The summed E-state index contributed by atoms with van der Waals surface area (Å²) in [6.07, 6.45) is 8.08. The third kappa shape index (κ3) is 4.60. The molecule has 1 aliphatic rings. The number of nitrogens with one attached hydrogen (secondary N) is 1. The molecule has 1 atom stereocenters. The lowest BCUT2D eigenvalue weighted by Crippen LogP contribution is -2.34. The van der Waals surface area contributed by atoms with Gasteiger partial charge in [-0.05, 0) is 58.0 Å². The molecule has 6 heteroatoms. The number of ether oxygens (including phenoxy) is 1. The molecule has 1 fully saturated rings. The number of likely N-dealkylation sites (N-methyl/N-ethyl adjacent to an activating group) is 1. The van der Waals surface area contributed by atoms with E-state index in [-0.39, 0.29) is 18.1 Å². The third-order valence-corrected chi connectivity index (χ3v) is 4.54. The summed E-state index contributed by atoms with van der Waals surface area (Å²) in [5, 5.41) is 2.94. The molecule has 0 unspecified atom stereocenters. The highest BCUT2D eigenvalue weighted by molar-refractivity contribution is 5.93. The maximum absolute atomic E-state index is 12.4. The lowest BCUT2D eigenvalue weighted by Gasteiger charge is -2.22. The Labute approximate surface area is 148 Å². The van der Waals surface area contributed by atoms with Crippen molar-refractivity contribution < 1.29 is 13.9 Å². The number of amides is 1. The van der Waals surface area contributed by atoms with Gasteiger partial charge in [-0.1, -0.05) is 0 Å². The minimum Gasteiger partial charge on any atom is -0.474 e. The van der Waals surface area contributed by atoms with E-state index >= 15 is 0 Å². The Morgan fingerprint density at radius 1 is 1.36 bits per heavy atom. The van der Waals surface area contributed by atoms with Crippen molar-refractivity contribution in [3.8, 4) is 5.88 Å². The highest BCUT2D eigenvalue weighted by Gasteiger charge is 2.19. The quantitative estimate of drug-likeness (QED) is 0.837. The smallest absolute Gasteiger partial charge is 0.252 e. The largest absolute Gasteiger partial charge is 0.474 e. The van der Waals surface area contributed by atoms with Gasteiger partial charge in [-0.25, -0.2) is 4.98 Å². The van der Waals surface area contributed by atoms with E-state index in [1.165, 1.54) is 12.8 Å². The molecule has 0 bridgehead atoms. The van der Waals surface area contributed by atoms with Gasteiger partial charge < -0.3 is 14.5 Å². The van der Waals surface area contributed by atoms with Crippen LogP contribution in [0.2, 0.25) is 0 Å². The fourth-order valence-electron chi connectivity index (χ4n) is 3.07. The second kappa shape index (κ2) is 8.16. The lowest BCUT2D eigenvalue weighted by molar-refractivity contribution is 0.0938. The standard InChI is InChI=1S/C19H25N3O3/c1-22(2)16(17-8-5-11-24-17)13-21-19(23)14-9-10-18(20-12-14)25-15-6-3-4-7-15/h5,8-12,15-16H,3-4,6-7,13H2,1-2H3,(H,21,23)/t16-/m1/s1. The zero-order valence-corrected chi connectivity index (χ0v) is 14.8. The molecule has 3 rings (SSSR count). The summed E-state index contributed by atoms with van der Waals surface area (Å²) in [6.45, 7) is 0.458. The van der Waals surface area contributed by atoms with Crippen molar-refractivity contribution >= 4 is 5.91 Å². The summed E-state index contributed by atoms with van der Waals surface area (Å²) in [4.78, 5) is 18.6. The molecule has 134 valence electrons. The molecule has 1 N–H and O–H groups in total. The molecule has 2 aromatic heterocycles. The average molecular weight is 343 g/mol. The molecule has 2 heterocycles. The number of carbonyl (C=O) groups excluding carboxylic acids is 1. The number of aromatic nitrogens is 1. The SMILES string of the molecule is CN(C)[C@H](CNC(=O)c1ccc(OC2CCCC2)nc1)c1ccco1. The van der Waals surface area contributed by atoms with Crippen molar-refractivity contribution in [3.05, 3.63) is 48.0 Å². The van der Waals surface area contributed by atoms with E-state index < -0.39 is 0 Å². The van der Waals surface area contributed by atoms with Gasteiger partial charge in [-0.15, -0.1) is 0 Å². The van der Waals surface area contributed by atoms with E-state index in [1.807, 2.05) is 31.1 Å². The Morgan fingerprint density at radius 2 is 2.16 bits per heavy atom. The van der Waals surface area contributed by atoms with E-state index in [1.54, 1.807) is 24.6 Å². The van der Waals surface area contributed by atoms with Gasteiger partial charge >= 0.3 is 0 Å². The predicted octanol–water partition coefficient (Wildman–Crippen LogP) is 3.03. The Balaban J connectivity index is 1.55. The number of furan rings is 1. The van der Waals surface area contributed by atoms with E-state index in [0.29, 0.717) is 18.0 Å². The Kier molecular flexibility index (Phi) is 5.71. The monoisotopic (exact) mass is 343 g/mol. The fraction of sp³-hybridized carbons (Fsp3) is 0.474. The van der Waals surface area contributed by atoms with Crippen molar-refractivity contribution in [3.63, 3.8) is 0 Å². The van der Waals surface area contributed by atoms with Gasteiger partial charge in [0.25, 0.3) is 5.91 Å². The number of hydrogen-bond donors (Lipinski definition) is 1. The Hall–Kier alpha value is -2.34. The van der Waals surface area contributed by atoms with Gasteiger partial charge in [0, 0.05) is 18.8 Å². The zero-order valence-electron chi connectivity index (χ0n) is 14.8. The maximum Gasteiger partial charge on any atom is 0.252 e. The van der Waals surface area contributed by atoms with Gasteiger partial charge in [0.15, 0.2) is 0 Å². The highest BCUT2D eigenvalue weighted by Crippen LogP contribution is 2.23. The molecule has 1 aliphatic carbocycles. The number of nitrogens with zero attached hydrogens (tertiary/aromatic N) is 2. The van der Waals surface area contributed by atoms with Gasteiger partial charge in [0.05, 0.1) is 17.9 Å². The van der Waals surface area contributed by atoms with Crippen LogP contribution < -0.4 is 10.1 Å². The molecule has 0 aliphatic heterocycles. The molecule has 2 aromatic rings. The van der Waals surface area contributed by atoms with E-state index in [2.05, 4.69) is 10.3 Å². The summed E-state index contributed by atoms with van der Waals surface area (Å²) < 4.78 is 11.3. The fourth-order valence-corrected chi connectivity index (χ4v) is 3.07. The molecule has 0 spiro atoms. The Bertz CT molecular complexity index is 662. The van der Waals surface area contributed by atoms with Crippen LogP contribution in [0.4, 0.5) is 0 Å². The molecule has 1 saturated carbocycles. The molecular weight excluding hydrogens is 318 g/mol. The summed E-state index contributed by atoms with van der Waals surface area (Å²) >= 11 is 0. The van der Waals surface area contributed by atoms with Crippen LogP contribution in [0.15, 0.2) is 41.1 Å². The van der Waals surface area contributed by atoms with Crippen molar-refractivity contribution in [1.82, 2.24) is 15.2 Å². The molecule has 0 radical (unpaired) electrons. The third-order valence-electron chi connectivity index (χ3n) is 4.54. The number of pyridine rings is 1. The first-order chi connectivity index (χ1) is 12.1. The highest BCUT2D eigenvalue weighted by atomic mass is 16.5. The summed E-state index contributed by atoms with van der Waals surface area (Å²) in [5.41, 5.74) is 0.524. The van der Waals surface area contributed by atoms with Crippen LogP contribution in [0.5, 0.6) is 5.88 Å². The number of hydrogen-bond acceptors (Lipinski definition) is 5. The van der Waals surface area contributed by atoms with Gasteiger partial charge in [0.1, 0.15) is 11.9 Å². The van der Waals surface area contributed by atoms with Crippen LogP contribution in [0.25, 0.3) is 0 Å². The van der Waals surface area contributed by atoms with E-state index in [4.69, 9.17) is 9.15 Å². The summed E-state index contributed by atoms with van der Waals surface area (Å²) in [7, 11) is 3.91. The second-order valence-corrected chi connectivity index (χ2v) is 6.61. The van der Waals surface area contributed by atoms with E-state index in [0.717, 1.165) is 18.6 Å². The van der Waals surface area contributed by atoms with Gasteiger partial charge in [0.2, 0.25) is 5.88 Å². The van der Waals surface area contributed by atoms with Crippen LogP contribution >= 0.6 is 0 Å². The van der Waals surface area contributed by atoms with Gasteiger partial charge in [-0.3, -0.25) is 9.69 Å². The second-order valence-electron chi connectivity index (χ2n) is 6.61. The minimum absolute atomic E-state index is 0.0168. The minimum atomic E-state index is -0.154. The van der Waals surface area contributed by atoms with E-state index in [9.17, 15) is 4.79 Å². The normalized spacial score (nSPS) is 16.1. The van der Waals surface area contributed by atoms with Crippen LogP contribution in [-0.2, 0) is 0 Å². The first kappa shape index (κ1) is 17.5. The van der Waals surface area contributed by atoms with Crippen LogP contribution in [0.1, 0.15) is 47.8 Å². The topological polar surface area (TPSA) is 67.6 Å². The molecular formula is C19H25N3O3. The van der Waals surface area contributed by atoms with Crippen LogP contribution in [0.3, 0.4) is 0 Å². The maximum atomic E-state index is 12.4. The number of rotatable bonds is 7. The van der Waals surface area contributed by atoms with Crippen molar-refractivity contribution in [2.75, 3.05) is 20.6 Å². The molecule has 6 nitrogen and oxygen atoms in total. The van der Waals surface area contributed by atoms with Crippen molar-refractivity contribution in [1.29, 1.82) is 0 Å². The molecule has 0 saturated heterocycles. The van der Waals surface area contributed by atoms with Gasteiger partial charge in [-0.2, -0.15) is 0 Å².